The lowest BCUT2D eigenvalue weighted by Crippen LogP contribution is -2.51. The van der Waals surface area contributed by atoms with Gasteiger partial charge in [-0.2, -0.15) is 0 Å². The fourth-order valence-electron chi connectivity index (χ4n) is 1.01. The number of aliphatic carboxylic acids is 1. The molecule has 1 unspecified atom stereocenters. The highest BCUT2D eigenvalue weighted by Crippen LogP contribution is 2.21. The van der Waals surface area contributed by atoms with E-state index in [1.54, 1.807) is 6.92 Å². The first-order valence-corrected chi connectivity index (χ1v) is 7.49. The van der Waals surface area contributed by atoms with Gasteiger partial charge >= 0.3 is 5.97 Å². The molecule has 0 bridgehead atoms. The molecule has 0 aliphatic rings. The highest BCUT2D eigenvalue weighted by molar-refractivity contribution is 7.92. The Labute approximate surface area is 108 Å². The average molecular weight is 279 g/mol. The Morgan fingerprint density at radius 2 is 1.67 bits per heavy atom. The molecule has 0 radical (unpaired) electrons. The molecule has 0 heterocycles. The van der Waals surface area contributed by atoms with E-state index in [1.165, 1.54) is 20.8 Å². The van der Waals surface area contributed by atoms with Crippen molar-refractivity contribution in [1.82, 2.24) is 5.32 Å². The minimum Gasteiger partial charge on any atom is -0.481 e. The van der Waals surface area contributed by atoms with Gasteiger partial charge in [-0.3, -0.25) is 9.59 Å². The number of sulfone groups is 1. The maximum atomic E-state index is 11.8. The van der Waals surface area contributed by atoms with E-state index in [2.05, 4.69) is 5.32 Å². The molecule has 1 atom stereocenters. The first kappa shape index (κ1) is 16.9. The monoisotopic (exact) mass is 279 g/mol. The molecule has 0 aromatic heterocycles. The molecule has 0 rings (SSSR count). The largest absolute Gasteiger partial charge is 0.481 e. The summed E-state index contributed by atoms with van der Waals surface area (Å²) in [4.78, 5) is 22.9. The van der Waals surface area contributed by atoms with Crippen LogP contribution in [0.4, 0.5) is 0 Å². The van der Waals surface area contributed by atoms with Crippen molar-refractivity contribution in [3.05, 3.63) is 0 Å². The topological polar surface area (TPSA) is 101 Å². The fraction of sp³-hybridized carbons (Fsp3) is 0.818. The molecular weight excluding hydrogens is 258 g/mol. The third-order valence-corrected chi connectivity index (χ3v) is 5.45. The maximum absolute atomic E-state index is 11.8. The van der Waals surface area contributed by atoms with Gasteiger partial charge in [0, 0.05) is 12.8 Å². The summed E-state index contributed by atoms with van der Waals surface area (Å²) >= 11 is 0. The van der Waals surface area contributed by atoms with Crippen molar-refractivity contribution in [1.29, 1.82) is 0 Å². The first-order valence-electron chi connectivity index (χ1n) is 5.60. The third kappa shape index (κ3) is 3.44. The Bertz CT molecular complexity index is 440. The third-order valence-electron chi connectivity index (χ3n) is 3.41. The van der Waals surface area contributed by atoms with Gasteiger partial charge in [-0.1, -0.05) is 6.92 Å². The molecule has 0 saturated heterocycles. The van der Waals surface area contributed by atoms with E-state index >= 15 is 0 Å². The van der Waals surface area contributed by atoms with Crippen molar-refractivity contribution < 1.29 is 23.1 Å². The van der Waals surface area contributed by atoms with Gasteiger partial charge in [0.25, 0.3) is 0 Å². The quantitative estimate of drug-likeness (QED) is 0.734. The predicted molar refractivity (Wildman–Crippen MR) is 68.0 cm³/mol. The van der Waals surface area contributed by atoms with Crippen LogP contribution in [0.5, 0.6) is 0 Å². The van der Waals surface area contributed by atoms with Gasteiger partial charge in [0.15, 0.2) is 9.84 Å². The van der Waals surface area contributed by atoms with Gasteiger partial charge in [0.05, 0.1) is 5.41 Å². The Balaban J connectivity index is 4.87. The van der Waals surface area contributed by atoms with E-state index in [0.29, 0.717) is 6.42 Å². The van der Waals surface area contributed by atoms with Crippen molar-refractivity contribution in [2.24, 2.45) is 5.41 Å². The molecule has 18 heavy (non-hydrogen) atoms. The lowest BCUT2D eigenvalue weighted by Gasteiger charge is -2.27. The number of hydrogen-bond acceptors (Lipinski definition) is 4. The number of nitrogens with one attached hydrogen (secondary N) is 1. The Morgan fingerprint density at radius 3 is 1.94 bits per heavy atom. The number of rotatable bonds is 6. The standard InChI is InChI=1S/C11H21NO5S/c1-6-11(4,9(14)15)7-12-8(13)10(2,3)18(5,16)17/h6-7H2,1-5H3,(H,12,13)(H,14,15). The van der Waals surface area contributed by atoms with E-state index in [1.807, 2.05) is 0 Å². The average Bonchev–Trinajstić information content (AvgIpc) is 2.23. The molecule has 0 spiro atoms. The van der Waals surface area contributed by atoms with Crippen molar-refractivity contribution in [3.63, 3.8) is 0 Å². The molecule has 7 heteroatoms. The molecule has 0 aliphatic heterocycles. The minimum absolute atomic E-state index is 0.101. The van der Waals surface area contributed by atoms with Crippen molar-refractivity contribution in [3.8, 4) is 0 Å². The van der Waals surface area contributed by atoms with Gasteiger partial charge in [-0.05, 0) is 27.2 Å². The number of carboxylic acid groups (broad SMARTS) is 1. The molecule has 0 aliphatic carbocycles. The van der Waals surface area contributed by atoms with E-state index in [4.69, 9.17) is 5.11 Å². The van der Waals surface area contributed by atoms with Gasteiger partial charge in [-0.25, -0.2) is 8.42 Å². The van der Waals surface area contributed by atoms with E-state index in [0.717, 1.165) is 6.26 Å². The van der Waals surface area contributed by atoms with Crippen LogP contribution in [0.25, 0.3) is 0 Å². The van der Waals surface area contributed by atoms with Gasteiger partial charge in [-0.15, -0.1) is 0 Å². The summed E-state index contributed by atoms with van der Waals surface area (Å²) in [6.45, 7) is 5.69. The lowest BCUT2D eigenvalue weighted by molar-refractivity contribution is -0.148. The van der Waals surface area contributed by atoms with Crippen LogP contribution in [0.1, 0.15) is 34.1 Å². The molecule has 0 saturated carbocycles. The van der Waals surface area contributed by atoms with Crippen LogP contribution in [0, 0.1) is 5.41 Å². The van der Waals surface area contributed by atoms with Crippen LogP contribution in [0.2, 0.25) is 0 Å². The Morgan fingerprint density at radius 1 is 1.22 bits per heavy atom. The van der Waals surface area contributed by atoms with Crippen molar-refractivity contribution >= 4 is 21.7 Å². The Kier molecular flexibility index (Phi) is 4.93. The molecule has 106 valence electrons. The molecule has 6 nitrogen and oxygen atoms in total. The fourth-order valence-corrected chi connectivity index (χ4v) is 1.42. The zero-order valence-electron chi connectivity index (χ0n) is 11.4. The van der Waals surface area contributed by atoms with Crippen molar-refractivity contribution in [2.45, 2.75) is 38.9 Å². The van der Waals surface area contributed by atoms with Crippen LogP contribution in [-0.4, -0.2) is 42.9 Å². The number of amides is 1. The summed E-state index contributed by atoms with van der Waals surface area (Å²) in [5, 5.41) is 11.4. The zero-order valence-corrected chi connectivity index (χ0v) is 12.2. The highest BCUT2D eigenvalue weighted by atomic mass is 32.2. The van der Waals surface area contributed by atoms with E-state index in [-0.39, 0.29) is 6.54 Å². The summed E-state index contributed by atoms with van der Waals surface area (Å²) in [5.41, 5.74) is -1.09. The van der Waals surface area contributed by atoms with E-state index in [9.17, 15) is 18.0 Å². The van der Waals surface area contributed by atoms with Gasteiger partial charge in [0.2, 0.25) is 5.91 Å². The van der Waals surface area contributed by atoms with Crippen LogP contribution < -0.4 is 5.32 Å². The van der Waals surface area contributed by atoms with Crippen molar-refractivity contribution in [2.75, 3.05) is 12.8 Å². The highest BCUT2D eigenvalue weighted by Gasteiger charge is 2.40. The summed E-state index contributed by atoms with van der Waals surface area (Å²) in [6, 6.07) is 0. The number of carboxylic acids is 1. The summed E-state index contributed by atoms with van der Waals surface area (Å²) < 4.78 is 21.3. The molecule has 0 aromatic carbocycles. The maximum Gasteiger partial charge on any atom is 0.311 e. The van der Waals surface area contributed by atoms with Gasteiger partial charge in [0.1, 0.15) is 4.75 Å². The minimum atomic E-state index is -3.56. The zero-order chi connectivity index (χ0) is 14.8. The van der Waals surface area contributed by atoms with Crippen LogP contribution in [-0.2, 0) is 19.4 Å². The van der Waals surface area contributed by atoms with Crippen LogP contribution >= 0.6 is 0 Å². The summed E-state index contributed by atoms with van der Waals surface area (Å²) in [7, 11) is -3.56. The van der Waals surface area contributed by atoms with Crippen LogP contribution in [0.15, 0.2) is 0 Å². The Hall–Kier alpha value is -1.11. The van der Waals surface area contributed by atoms with Gasteiger partial charge < -0.3 is 10.4 Å². The molecular formula is C11H21NO5S. The molecule has 2 N–H and O–H groups in total. The van der Waals surface area contributed by atoms with E-state index < -0.39 is 31.9 Å². The lowest BCUT2D eigenvalue weighted by atomic mass is 9.87. The van der Waals surface area contributed by atoms with Crippen LogP contribution in [0.3, 0.4) is 0 Å². The second-order valence-corrected chi connectivity index (χ2v) is 7.75. The normalized spacial score (nSPS) is 15.8. The predicted octanol–water partition coefficient (Wildman–Crippen LogP) is 0.427. The SMILES string of the molecule is CCC(C)(CNC(=O)C(C)(C)S(C)(=O)=O)C(=O)O. The number of carbonyl (C=O) groups is 2. The summed E-state index contributed by atoms with van der Waals surface area (Å²) in [6.07, 6.45) is 1.31. The number of hydrogen-bond donors (Lipinski definition) is 2. The second-order valence-electron chi connectivity index (χ2n) is 5.18. The first-order chi connectivity index (χ1) is 7.88. The molecule has 1 amide bonds. The molecule has 0 fully saturated rings. The summed E-state index contributed by atoms with van der Waals surface area (Å²) in [5.74, 6) is -1.71. The smallest absolute Gasteiger partial charge is 0.311 e. The number of carbonyl (C=O) groups excluding carboxylic acids is 1. The molecule has 0 aromatic rings. The second kappa shape index (κ2) is 5.26.